The number of rotatable bonds is 5. The van der Waals surface area contributed by atoms with Gasteiger partial charge in [-0.1, -0.05) is 66.7 Å². The van der Waals surface area contributed by atoms with Crippen molar-refractivity contribution < 1.29 is 4.79 Å². The topological polar surface area (TPSA) is 20.3 Å². The van der Waals surface area contributed by atoms with Gasteiger partial charge in [-0.3, -0.25) is 4.79 Å². The number of carbonyl (C=O) groups is 1. The van der Waals surface area contributed by atoms with E-state index in [1.165, 1.54) is 5.56 Å². The second kappa shape index (κ2) is 9.00. The summed E-state index contributed by atoms with van der Waals surface area (Å²) in [7, 11) is 0. The van der Waals surface area contributed by atoms with Crippen LogP contribution in [-0.2, 0) is 11.3 Å². The van der Waals surface area contributed by atoms with Crippen LogP contribution in [0.1, 0.15) is 22.3 Å². The Morgan fingerprint density at radius 2 is 1.59 bits per heavy atom. The smallest absolute Gasteiger partial charge is 0.251 e. The highest BCUT2D eigenvalue weighted by atomic mass is 127. The molecule has 1 amide bonds. The molecule has 0 spiro atoms. The summed E-state index contributed by atoms with van der Waals surface area (Å²) in [5.74, 6) is -0.0208. The highest BCUT2D eigenvalue weighted by Crippen LogP contribution is 2.30. The Morgan fingerprint density at radius 1 is 0.963 bits per heavy atom. The zero-order chi connectivity index (χ0) is 19.2. The second-order valence-corrected chi connectivity index (χ2v) is 7.73. The fraction of sp³-hybridized carbons (Fsp3) is 0.125. The molecule has 3 rings (SSSR count). The third-order valence-electron chi connectivity index (χ3n) is 4.34. The summed E-state index contributed by atoms with van der Waals surface area (Å²) in [5, 5.41) is 0. The molecular weight excluding hydrogens is 445 g/mol. The van der Waals surface area contributed by atoms with Crippen LogP contribution < -0.4 is 4.90 Å². The molecule has 0 radical (unpaired) electrons. The van der Waals surface area contributed by atoms with Crippen molar-refractivity contribution in [1.29, 1.82) is 0 Å². The standard InChI is InChI=1S/C24H22INO/c1-18-15-19(2)24(22(25)16-18)26(17-21-11-7-4-8-12-21)23(27)14-13-20-9-5-3-6-10-20/h3-16H,17H2,1-2H3/b14-13+. The molecule has 0 atom stereocenters. The zero-order valence-electron chi connectivity index (χ0n) is 15.5. The average Bonchev–Trinajstić information content (AvgIpc) is 2.66. The van der Waals surface area contributed by atoms with E-state index >= 15 is 0 Å². The largest absolute Gasteiger partial charge is 0.303 e. The molecule has 0 heterocycles. The van der Waals surface area contributed by atoms with Crippen LogP contribution in [0.2, 0.25) is 0 Å². The van der Waals surface area contributed by atoms with Gasteiger partial charge in [-0.2, -0.15) is 0 Å². The summed E-state index contributed by atoms with van der Waals surface area (Å²) < 4.78 is 1.09. The minimum atomic E-state index is -0.0208. The highest BCUT2D eigenvalue weighted by Gasteiger charge is 2.19. The van der Waals surface area contributed by atoms with Crippen LogP contribution in [0.4, 0.5) is 5.69 Å². The predicted molar refractivity (Wildman–Crippen MR) is 122 cm³/mol. The Labute approximate surface area is 174 Å². The van der Waals surface area contributed by atoms with Crippen molar-refractivity contribution >= 4 is 40.3 Å². The molecule has 0 aliphatic rings. The third kappa shape index (κ3) is 5.07. The minimum absolute atomic E-state index is 0.0208. The Morgan fingerprint density at radius 3 is 2.22 bits per heavy atom. The molecule has 0 aliphatic heterocycles. The van der Waals surface area contributed by atoms with E-state index in [-0.39, 0.29) is 5.91 Å². The van der Waals surface area contributed by atoms with Gasteiger partial charge in [0.05, 0.1) is 12.2 Å². The molecule has 3 aromatic rings. The molecule has 0 aromatic heterocycles. The first-order chi connectivity index (χ1) is 13.0. The number of benzene rings is 3. The van der Waals surface area contributed by atoms with Crippen LogP contribution in [0, 0.1) is 17.4 Å². The lowest BCUT2D eigenvalue weighted by Gasteiger charge is -2.25. The fourth-order valence-corrected chi connectivity index (χ4v) is 4.31. The van der Waals surface area contributed by atoms with Gasteiger partial charge in [0.15, 0.2) is 0 Å². The maximum absolute atomic E-state index is 13.1. The molecule has 0 bridgehead atoms. The van der Waals surface area contributed by atoms with Gasteiger partial charge in [0, 0.05) is 9.65 Å². The number of nitrogens with zero attached hydrogens (tertiary/aromatic N) is 1. The normalized spacial score (nSPS) is 10.9. The minimum Gasteiger partial charge on any atom is -0.303 e. The van der Waals surface area contributed by atoms with Crippen LogP contribution in [-0.4, -0.2) is 5.91 Å². The number of aryl methyl sites for hydroxylation is 2. The van der Waals surface area contributed by atoms with E-state index in [9.17, 15) is 4.79 Å². The second-order valence-electron chi connectivity index (χ2n) is 6.57. The predicted octanol–water partition coefficient (Wildman–Crippen LogP) is 6.15. The van der Waals surface area contributed by atoms with Crippen molar-refractivity contribution in [3.05, 3.63) is 105 Å². The summed E-state index contributed by atoms with van der Waals surface area (Å²) in [6, 6.07) is 24.3. The molecule has 0 unspecified atom stereocenters. The van der Waals surface area contributed by atoms with Crippen LogP contribution in [0.25, 0.3) is 6.08 Å². The van der Waals surface area contributed by atoms with Gasteiger partial charge in [-0.15, -0.1) is 0 Å². The lowest BCUT2D eigenvalue weighted by atomic mass is 10.1. The number of hydrogen-bond acceptors (Lipinski definition) is 1. The lowest BCUT2D eigenvalue weighted by molar-refractivity contribution is -0.114. The quantitative estimate of drug-likeness (QED) is 0.326. The van der Waals surface area contributed by atoms with Crippen molar-refractivity contribution in [3.63, 3.8) is 0 Å². The van der Waals surface area contributed by atoms with E-state index in [0.717, 1.165) is 25.9 Å². The van der Waals surface area contributed by atoms with Crippen molar-refractivity contribution in [1.82, 2.24) is 0 Å². The summed E-state index contributed by atoms with van der Waals surface area (Å²) in [6.07, 6.45) is 3.53. The van der Waals surface area contributed by atoms with Gasteiger partial charge in [0.25, 0.3) is 5.91 Å². The van der Waals surface area contributed by atoms with Gasteiger partial charge < -0.3 is 4.90 Å². The summed E-state index contributed by atoms with van der Waals surface area (Å²) in [4.78, 5) is 15.0. The lowest BCUT2D eigenvalue weighted by Crippen LogP contribution is -2.30. The number of anilines is 1. The average molecular weight is 467 g/mol. The maximum atomic E-state index is 13.1. The molecule has 2 nitrogen and oxygen atoms in total. The van der Waals surface area contributed by atoms with Crippen molar-refractivity contribution in [2.45, 2.75) is 20.4 Å². The molecule has 3 heteroatoms. The first kappa shape index (κ1) is 19.4. The summed E-state index contributed by atoms with van der Waals surface area (Å²) in [5.41, 5.74) is 5.41. The molecule has 0 saturated heterocycles. The van der Waals surface area contributed by atoms with E-state index in [2.05, 4.69) is 60.7 Å². The highest BCUT2D eigenvalue weighted by molar-refractivity contribution is 14.1. The van der Waals surface area contributed by atoms with Crippen molar-refractivity contribution in [2.75, 3.05) is 4.90 Å². The Hall–Kier alpha value is -2.40. The number of amides is 1. The first-order valence-electron chi connectivity index (χ1n) is 8.90. The Bertz CT molecular complexity index is 926. The van der Waals surface area contributed by atoms with Gasteiger partial charge in [-0.05, 0) is 70.8 Å². The molecule has 0 fully saturated rings. The zero-order valence-corrected chi connectivity index (χ0v) is 17.7. The number of hydrogen-bond donors (Lipinski definition) is 0. The summed E-state index contributed by atoms with van der Waals surface area (Å²) in [6.45, 7) is 4.69. The molecule has 0 aliphatic carbocycles. The molecule has 136 valence electrons. The Balaban J connectivity index is 1.97. The van der Waals surface area contributed by atoms with Crippen LogP contribution in [0.5, 0.6) is 0 Å². The number of halogens is 1. The number of carbonyl (C=O) groups excluding carboxylic acids is 1. The molecule has 0 saturated carbocycles. The molecule has 27 heavy (non-hydrogen) atoms. The van der Waals surface area contributed by atoms with Crippen molar-refractivity contribution in [2.24, 2.45) is 0 Å². The monoisotopic (exact) mass is 467 g/mol. The van der Waals surface area contributed by atoms with Gasteiger partial charge >= 0.3 is 0 Å². The van der Waals surface area contributed by atoms with Crippen LogP contribution >= 0.6 is 22.6 Å². The van der Waals surface area contributed by atoms with Crippen LogP contribution in [0.15, 0.2) is 78.9 Å². The first-order valence-corrected chi connectivity index (χ1v) is 9.98. The van der Waals surface area contributed by atoms with E-state index < -0.39 is 0 Å². The SMILES string of the molecule is Cc1cc(C)c(N(Cc2ccccc2)C(=O)/C=C/c2ccccc2)c(I)c1. The van der Waals surface area contributed by atoms with Crippen molar-refractivity contribution in [3.8, 4) is 0 Å². The third-order valence-corrected chi connectivity index (χ3v) is 5.16. The van der Waals surface area contributed by atoms with E-state index in [1.807, 2.05) is 59.5 Å². The van der Waals surface area contributed by atoms with Crippen LogP contribution in [0.3, 0.4) is 0 Å². The summed E-state index contributed by atoms with van der Waals surface area (Å²) >= 11 is 2.32. The molecule has 3 aromatic carbocycles. The van der Waals surface area contributed by atoms with Gasteiger partial charge in [0.1, 0.15) is 0 Å². The molecule has 0 N–H and O–H groups in total. The van der Waals surface area contributed by atoms with E-state index in [1.54, 1.807) is 6.08 Å². The maximum Gasteiger partial charge on any atom is 0.251 e. The van der Waals surface area contributed by atoms with E-state index in [4.69, 9.17) is 0 Å². The van der Waals surface area contributed by atoms with Gasteiger partial charge in [-0.25, -0.2) is 0 Å². The molecular formula is C24H22INO. The van der Waals surface area contributed by atoms with E-state index in [0.29, 0.717) is 6.54 Å². The van der Waals surface area contributed by atoms with Gasteiger partial charge in [0.2, 0.25) is 0 Å². The fourth-order valence-electron chi connectivity index (χ4n) is 3.10. The Kier molecular flexibility index (Phi) is 6.45.